The van der Waals surface area contributed by atoms with Gasteiger partial charge in [0.15, 0.2) is 0 Å². The van der Waals surface area contributed by atoms with Gasteiger partial charge in [0.2, 0.25) is 0 Å². The highest BCUT2D eigenvalue weighted by Crippen LogP contribution is 2.20. The van der Waals surface area contributed by atoms with Crippen LogP contribution in [0, 0.1) is 5.41 Å². The standard InChI is InChI=1S/C14H30N2O/c1-6-8-15-12-7-9-17-10-13(12)16(5)11-14(2,3)4/h12-13,15H,6-11H2,1-5H3. The van der Waals surface area contributed by atoms with Gasteiger partial charge in [0.1, 0.15) is 0 Å². The third-order valence-electron chi connectivity index (χ3n) is 3.27. The number of hydrogen-bond acceptors (Lipinski definition) is 3. The second-order valence-electron chi connectivity index (χ2n) is 6.47. The molecule has 1 rings (SSSR count). The number of nitrogens with zero attached hydrogens (tertiary/aromatic N) is 1. The smallest absolute Gasteiger partial charge is 0.0636 e. The topological polar surface area (TPSA) is 24.5 Å². The normalized spacial score (nSPS) is 26.5. The van der Waals surface area contributed by atoms with Gasteiger partial charge in [0, 0.05) is 25.2 Å². The van der Waals surface area contributed by atoms with Crippen molar-refractivity contribution in [1.29, 1.82) is 0 Å². The van der Waals surface area contributed by atoms with Crippen molar-refractivity contribution in [3.8, 4) is 0 Å². The van der Waals surface area contributed by atoms with E-state index in [0.717, 1.165) is 32.7 Å². The third kappa shape index (κ3) is 5.36. The third-order valence-corrected chi connectivity index (χ3v) is 3.27. The van der Waals surface area contributed by atoms with Crippen molar-refractivity contribution in [2.45, 2.75) is 52.6 Å². The van der Waals surface area contributed by atoms with Crippen molar-refractivity contribution in [3.63, 3.8) is 0 Å². The lowest BCUT2D eigenvalue weighted by Crippen LogP contribution is -2.55. The lowest BCUT2D eigenvalue weighted by atomic mass is 9.93. The van der Waals surface area contributed by atoms with Crippen molar-refractivity contribution in [3.05, 3.63) is 0 Å². The molecule has 1 fully saturated rings. The summed E-state index contributed by atoms with van der Waals surface area (Å²) in [4.78, 5) is 2.46. The van der Waals surface area contributed by atoms with Crippen LogP contribution in [0.1, 0.15) is 40.5 Å². The highest BCUT2D eigenvalue weighted by molar-refractivity contribution is 4.87. The summed E-state index contributed by atoms with van der Waals surface area (Å²) in [6, 6.07) is 1.12. The van der Waals surface area contributed by atoms with E-state index in [1.165, 1.54) is 6.42 Å². The summed E-state index contributed by atoms with van der Waals surface area (Å²) in [5, 5.41) is 3.67. The minimum absolute atomic E-state index is 0.349. The maximum atomic E-state index is 5.65. The molecule has 1 saturated heterocycles. The summed E-state index contributed by atoms with van der Waals surface area (Å²) < 4.78 is 5.65. The predicted octanol–water partition coefficient (Wildman–Crippen LogP) is 2.12. The predicted molar refractivity (Wildman–Crippen MR) is 73.4 cm³/mol. The van der Waals surface area contributed by atoms with Crippen LogP contribution in [0.3, 0.4) is 0 Å². The maximum Gasteiger partial charge on any atom is 0.0636 e. The lowest BCUT2D eigenvalue weighted by Gasteiger charge is -2.40. The van der Waals surface area contributed by atoms with Crippen LogP contribution < -0.4 is 5.32 Å². The van der Waals surface area contributed by atoms with Crippen LogP contribution >= 0.6 is 0 Å². The number of rotatable bonds is 5. The van der Waals surface area contributed by atoms with Gasteiger partial charge in [-0.1, -0.05) is 27.7 Å². The largest absolute Gasteiger partial charge is 0.380 e. The summed E-state index contributed by atoms with van der Waals surface area (Å²) in [5.41, 5.74) is 0.349. The molecule has 1 aliphatic rings. The highest BCUT2D eigenvalue weighted by atomic mass is 16.5. The molecule has 3 heteroatoms. The van der Waals surface area contributed by atoms with Crippen LogP contribution in [0.4, 0.5) is 0 Å². The minimum atomic E-state index is 0.349. The molecule has 0 saturated carbocycles. The minimum Gasteiger partial charge on any atom is -0.380 e. The average molecular weight is 242 g/mol. The molecule has 3 nitrogen and oxygen atoms in total. The quantitative estimate of drug-likeness (QED) is 0.799. The van der Waals surface area contributed by atoms with Gasteiger partial charge in [0.25, 0.3) is 0 Å². The average Bonchev–Trinajstić information content (AvgIpc) is 2.24. The van der Waals surface area contributed by atoms with Gasteiger partial charge >= 0.3 is 0 Å². The molecule has 0 amide bonds. The Morgan fingerprint density at radius 2 is 2.06 bits per heavy atom. The first-order valence-corrected chi connectivity index (χ1v) is 6.95. The fraction of sp³-hybridized carbons (Fsp3) is 1.00. The molecule has 1 aliphatic heterocycles. The molecule has 2 unspecified atom stereocenters. The molecule has 0 aromatic rings. The Labute approximate surface area is 107 Å². The van der Waals surface area contributed by atoms with Gasteiger partial charge in [-0.3, -0.25) is 4.90 Å². The molecule has 0 aromatic carbocycles. The van der Waals surface area contributed by atoms with E-state index in [1.54, 1.807) is 0 Å². The lowest BCUT2D eigenvalue weighted by molar-refractivity contribution is -0.00302. The van der Waals surface area contributed by atoms with E-state index in [1.807, 2.05) is 0 Å². The van der Waals surface area contributed by atoms with E-state index >= 15 is 0 Å². The molecule has 0 spiro atoms. The number of ether oxygens (including phenoxy) is 1. The van der Waals surface area contributed by atoms with Crippen LogP contribution in [0.25, 0.3) is 0 Å². The fourth-order valence-electron chi connectivity index (χ4n) is 2.59. The molecule has 0 bridgehead atoms. The SMILES string of the molecule is CCCNC1CCOCC1N(C)CC(C)(C)C. The van der Waals surface area contributed by atoms with Gasteiger partial charge in [-0.05, 0) is 31.8 Å². The molecule has 1 heterocycles. The van der Waals surface area contributed by atoms with E-state index in [4.69, 9.17) is 4.74 Å². The Hall–Kier alpha value is -0.120. The van der Waals surface area contributed by atoms with Crippen LogP contribution in [-0.2, 0) is 4.74 Å². The molecule has 2 atom stereocenters. The van der Waals surface area contributed by atoms with Crippen LogP contribution in [0.2, 0.25) is 0 Å². The van der Waals surface area contributed by atoms with E-state index in [-0.39, 0.29) is 0 Å². The zero-order valence-corrected chi connectivity index (χ0v) is 12.3. The fourth-order valence-corrected chi connectivity index (χ4v) is 2.59. The number of likely N-dealkylation sites (N-methyl/N-ethyl adjacent to an activating group) is 1. The molecule has 1 N–H and O–H groups in total. The Balaban J connectivity index is 2.51. The van der Waals surface area contributed by atoms with Crippen LogP contribution in [-0.4, -0.2) is 50.3 Å². The summed E-state index contributed by atoms with van der Waals surface area (Å²) in [7, 11) is 2.23. The monoisotopic (exact) mass is 242 g/mol. The first-order chi connectivity index (χ1) is 7.94. The molecular formula is C14H30N2O. The van der Waals surface area contributed by atoms with E-state index in [2.05, 4.69) is 45.0 Å². The van der Waals surface area contributed by atoms with Gasteiger partial charge in [-0.25, -0.2) is 0 Å². The molecule has 102 valence electrons. The molecule has 17 heavy (non-hydrogen) atoms. The Morgan fingerprint density at radius 1 is 1.35 bits per heavy atom. The van der Waals surface area contributed by atoms with Gasteiger partial charge < -0.3 is 10.1 Å². The first-order valence-electron chi connectivity index (χ1n) is 6.95. The Kier molecular flexibility index (Phi) is 5.90. The Bertz CT molecular complexity index is 213. The van der Waals surface area contributed by atoms with E-state index in [0.29, 0.717) is 17.5 Å². The summed E-state index contributed by atoms with van der Waals surface area (Å²) in [5.74, 6) is 0. The van der Waals surface area contributed by atoms with Gasteiger partial charge in [0.05, 0.1) is 6.61 Å². The molecule has 0 aliphatic carbocycles. The highest BCUT2D eigenvalue weighted by Gasteiger charge is 2.30. The van der Waals surface area contributed by atoms with Crippen LogP contribution in [0.5, 0.6) is 0 Å². The second kappa shape index (κ2) is 6.72. The first kappa shape index (κ1) is 14.9. The van der Waals surface area contributed by atoms with Crippen molar-refractivity contribution in [2.75, 3.05) is 33.4 Å². The number of hydrogen-bond donors (Lipinski definition) is 1. The zero-order valence-electron chi connectivity index (χ0n) is 12.3. The van der Waals surface area contributed by atoms with Crippen molar-refractivity contribution >= 4 is 0 Å². The Morgan fingerprint density at radius 3 is 2.65 bits per heavy atom. The second-order valence-corrected chi connectivity index (χ2v) is 6.47. The van der Waals surface area contributed by atoms with E-state index in [9.17, 15) is 0 Å². The number of nitrogens with one attached hydrogen (secondary N) is 1. The molecule has 0 aromatic heterocycles. The summed E-state index contributed by atoms with van der Waals surface area (Å²) >= 11 is 0. The molecule has 0 radical (unpaired) electrons. The van der Waals surface area contributed by atoms with E-state index < -0.39 is 0 Å². The van der Waals surface area contributed by atoms with Gasteiger partial charge in [-0.15, -0.1) is 0 Å². The van der Waals surface area contributed by atoms with Crippen molar-refractivity contribution in [1.82, 2.24) is 10.2 Å². The van der Waals surface area contributed by atoms with Crippen molar-refractivity contribution in [2.24, 2.45) is 5.41 Å². The summed E-state index contributed by atoms with van der Waals surface area (Å²) in [6.45, 7) is 13.1. The maximum absolute atomic E-state index is 5.65. The van der Waals surface area contributed by atoms with Gasteiger partial charge in [-0.2, -0.15) is 0 Å². The van der Waals surface area contributed by atoms with Crippen molar-refractivity contribution < 1.29 is 4.74 Å². The summed E-state index contributed by atoms with van der Waals surface area (Å²) in [6.07, 6.45) is 2.34. The van der Waals surface area contributed by atoms with Crippen LogP contribution in [0.15, 0.2) is 0 Å². The zero-order chi connectivity index (χ0) is 12.9. The molecular weight excluding hydrogens is 212 g/mol.